The smallest absolute Gasteiger partial charge is 0.503 e. The number of benzene rings is 1. The molecule has 2 rings (SSSR count). The second-order valence-electron chi connectivity index (χ2n) is 6.23. The number of hydrogen-bond acceptors (Lipinski definition) is 4. The number of unbranched alkanes of at least 4 members (excludes halogenated alkanes) is 5. The number of halogens is 2. The van der Waals surface area contributed by atoms with Crippen molar-refractivity contribution >= 4 is 16.9 Å². The molecule has 0 saturated heterocycles. The van der Waals surface area contributed by atoms with Gasteiger partial charge in [-0.1, -0.05) is 25.7 Å². The first kappa shape index (κ1) is 26.6. The van der Waals surface area contributed by atoms with E-state index >= 15 is 0 Å². The molecule has 0 spiro atoms. The van der Waals surface area contributed by atoms with Gasteiger partial charge in [-0.15, -0.1) is 0 Å². The molecule has 0 unspecified atom stereocenters. The SMILES string of the molecule is [CH2-]CCCCCCCN(C)C(=O)c1cc2cc(F)c(O)c(F)c2oc1=O.[CH3-].[Na+]. The summed E-state index contributed by atoms with van der Waals surface area (Å²) in [7, 11) is 1.56. The summed E-state index contributed by atoms with van der Waals surface area (Å²) in [4.78, 5) is 25.8. The Balaban J connectivity index is 0.00000364. The van der Waals surface area contributed by atoms with Gasteiger partial charge in [0.15, 0.2) is 17.1 Å². The van der Waals surface area contributed by atoms with Gasteiger partial charge in [0, 0.05) is 19.0 Å². The minimum Gasteiger partial charge on any atom is -0.503 e. The molecule has 1 aromatic carbocycles. The minimum absolute atomic E-state index is 0. The van der Waals surface area contributed by atoms with Crippen molar-refractivity contribution in [3.8, 4) is 5.75 Å². The summed E-state index contributed by atoms with van der Waals surface area (Å²) < 4.78 is 32.1. The number of fused-ring (bicyclic) bond motifs is 1. The fraction of sp³-hybridized carbons (Fsp3) is 0.400. The summed E-state index contributed by atoms with van der Waals surface area (Å²) in [5.74, 6) is -4.37. The molecule has 150 valence electrons. The van der Waals surface area contributed by atoms with E-state index in [0.29, 0.717) is 6.54 Å². The summed E-state index contributed by atoms with van der Waals surface area (Å²) in [5, 5.41) is 9.14. The first-order valence-electron chi connectivity index (χ1n) is 8.56. The molecule has 8 heteroatoms. The van der Waals surface area contributed by atoms with E-state index in [1.807, 2.05) is 0 Å². The summed E-state index contributed by atoms with van der Waals surface area (Å²) in [6, 6.07) is 1.90. The van der Waals surface area contributed by atoms with Crippen LogP contribution in [0.4, 0.5) is 8.78 Å². The number of aromatic hydroxyl groups is 1. The summed E-state index contributed by atoms with van der Waals surface area (Å²) >= 11 is 0. The molecular weight excluding hydrogens is 379 g/mol. The summed E-state index contributed by atoms with van der Waals surface area (Å²) in [6.45, 7) is 4.24. The largest absolute Gasteiger partial charge is 1.00 e. The van der Waals surface area contributed by atoms with E-state index < -0.39 is 34.5 Å². The molecule has 0 aliphatic heterocycles. The molecule has 1 aromatic heterocycles. The van der Waals surface area contributed by atoms with Crippen LogP contribution >= 0.6 is 0 Å². The Kier molecular flexibility index (Phi) is 11.6. The Morgan fingerprint density at radius 1 is 1.18 bits per heavy atom. The van der Waals surface area contributed by atoms with Crippen molar-refractivity contribution in [3.63, 3.8) is 0 Å². The number of amides is 1. The minimum atomic E-state index is -1.37. The maximum absolute atomic E-state index is 13.8. The first-order valence-corrected chi connectivity index (χ1v) is 8.56. The third kappa shape index (κ3) is 6.29. The number of nitrogens with zero attached hydrogens (tertiary/aromatic N) is 1. The van der Waals surface area contributed by atoms with Gasteiger partial charge in [-0.3, -0.25) is 4.79 Å². The zero-order valence-corrected chi connectivity index (χ0v) is 18.7. The molecule has 5 nitrogen and oxygen atoms in total. The molecule has 0 saturated carbocycles. The molecule has 1 amide bonds. The summed E-state index contributed by atoms with van der Waals surface area (Å²) in [6.07, 6.45) is 5.89. The molecule has 1 heterocycles. The Morgan fingerprint density at radius 2 is 1.79 bits per heavy atom. The van der Waals surface area contributed by atoms with Crippen LogP contribution in [0.3, 0.4) is 0 Å². The van der Waals surface area contributed by atoms with E-state index in [2.05, 4.69) is 6.92 Å². The van der Waals surface area contributed by atoms with E-state index in [0.717, 1.165) is 50.7 Å². The maximum Gasteiger partial charge on any atom is 1.00 e. The van der Waals surface area contributed by atoms with Crippen LogP contribution in [0.15, 0.2) is 21.3 Å². The molecule has 0 radical (unpaired) electrons. The zero-order chi connectivity index (χ0) is 19.3. The van der Waals surface area contributed by atoms with Crippen molar-refractivity contribution < 1.29 is 52.7 Å². The van der Waals surface area contributed by atoms with Crippen LogP contribution in [0.5, 0.6) is 5.75 Å². The second-order valence-corrected chi connectivity index (χ2v) is 6.23. The van der Waals surface area contributed by atoms with Gasteiger partial charge in [-0.05, 0) is 18.6 Å². The van der Waals surface area contributed by atoms with Gasteiger partial charge in [0.25, 0.3) is 5.91 Å². The number of phenolic OH excluding ortho intramolecular Hbond substituents is 1. The van der Waals surface area contributed by atoms with Crippen LogP contribution in [0, 0.1) is 26.0 Å². The predicted molar refractivity (Wildman–Crippen MR) is 100 cm³/mol. The van der Waals surface area contributed by atoms with Crippen molar-refractivity contribution in [2.45, 2.75) is 38.5 Å². The van der Waals surface area contributed by atoms with Gasteiger partial charge >= 0.3 is 35.2 Å². The van der Waals surface area contributed by atoms with E-state index in [-0.39, 0.29) is 47.9 Å². The molecule has 1 N–H and O–H groups in total. The van der Waals surface area contributed by atoms with Crippen molar-refractivity contribution in [1.82, 2.24) is 4.90 Å². The summed E-state index contributed by atoms with van der Waals surface area (Å²) in [5.41, 5.74) is -1.92. The number of carbonyl (C=O) groups is 1. The molecule has 28 heavy (non-hydrogen) atoms. The van der Waals surface area contributed by atoms with Gasteiger partial charge in [-0.25, -0.2) is 9.18 Å². The molecule has 2 aromatic rings. The van der Waals surface area contributed by atoms with Gasteiger partial charge < -0.3 is 28.8 Å². The fourth-order valence-electron chi connectivity index (χ4n) is 2.69. The third-order valence-corrected chi connectivity index (χ3v) is 4.21. The number of carbonyl (C=O) groups excluding carboxylic acids is 1. The first-order chi connectivity index (χ1) is 12.4. The van der Waals surface area contributed by atoms with Crippen LogP contribution < -0.4 is 35.2 Å². The average molecular weight is 404 g/mol. The van der Waals surface area contributed by atoms with Crippen molar-refractivity contribution in [1.29, 1.82) is 0 Å². The Bertz CT molecular complexity index is 854. The second kappa shape index (κ2) is 12.2. The Morgan fingerprint density at radius 3 is 2.43 bits per heavy atom. The van der Waals surface area contributed by atoms with Crippen molar-refractivity contribution in [2.24, 2.45) is 0 Å². The van der Waals surface area contributed by atoms with Crippen LogP contribution in [-0.4, -0.2) is 29.5 Å². The van der Waals surface area contributed by atoms with Crippen molar-refractivity contribution in [3.05, 3.63) is 54.1 Å². The molecule has 0 aliphatic rings. The van der Waals surface area contributed by atoms with Gasteiger partial charge in [0.2, 0.25) is 5.82 Å². The Labute approximate surface area is 186 Å². The van der Waals surface area contributed by atoms with E-state index in [4.69, 9.17) is 4.42 Å². The van der Waals surface area contributed by atoms with E-state index in [1.54, 1.807) is 7.05 Å². The van der Waals surface area contributed by atoms with Gasteiger partial charge in [0.1, 0.15) is 5.56 Å². The van der Waals surface area contributed by atoms with Crippen molar-refractivity contribution in [2.75, 3.05) is 13.6 Å². The van der Waals surface area contributed by atoms with Crippen LogP contribution in [0.25, 0.3) is 11.0 Å². The average Bonchev–Trinajstić information content (AvgIpc) is 2.62. The molecule has 0 atom stereocenters. The van der Waals surface area contributed by atoms with Crippen LogP contribution in [-0.2, 0) is 0 Å². The van der Waals surface area contributed by atoms with Crippen LogP contribution in [0.1, 0.15) is 48.9 Å². The monoisotopic (exact) mass is 404 g/mol. The number of phenols is 1. The third-order valence-electron chi connectivity index (χ3n) is 4.21. The molecule has 0 aliphatic carbocycles. The molecular formula is C20H25F2NNaO4-. The topological polar surface area (TPSA) is 70.8 Å². The maximum atomic E-state index is 13.8. The molecule has 0 bridgehead atoms. The van der Waals surface area contributed by atoms with Gasteiger partial charge in [0.05, 0.1) is 0 Å². The van der Waals surface area contributed by atoms with Gasteiger partial charge in [-0.2, -0.15) is 10.8 Å². The standard InChI is InChI=1S/C19H22F2NO4.CH3.Na/c1-3-4-5-6-7-8-9-22(2)18(24)13-10-12-11-14(20)16(23)15(21)17(12)26-19(13)25;;/h10-11,23H,1,3-9H2,2H3;1H3;/q2*-1;+1. The van der Waals surface area contributed by atoms with Crippen LogP contribution in [0.2, 0.25) is 0 Å². The molecule has 0 fully saturated rings. The zero-order valence-electron chi connectivity index (χ0n) is 16.7. The Hall–Kier alpha value is -1.44. The fourth-order valence-corrected chi connectivity index (χ4v) is 2.69. The predicted octanol–water partition coefficient (Wildman–Crippen LogP) is 1.48. The normalized spacial score (nSPS) is 10.3. The van der Waals surface area contributed by atoms with E-state index in [9.17, 15) is 23.5 Å². The number of hydrogen-bond donors (Lipinski definition) is 1. The number of rotatable bonds is 8. The van der Waals surface area contributed by atoms with E-state index in [1.165, 1.54) is 4.90 Å². The quantitative estimate of drug-likeness (QED) is 0.313.